The van der Waals surface area contributed by atoms with Crippen LogP contribution in [0.2, 0.25) is 0 Å². The number of hydrogen-bond donors (Lipinski definition) is 0. The molecule has 2 amide bonds. The molecule has 5 rings (SSSR count). The molecule has 3 heterocycles. The van der Waals surface area contributed by atoms with Crippen molar-refractivity contribution in [3.63, 3.8) is 0 Å². The zero-order chi connectivity index (χ0) is 36.8. The van der Waals surface area contributed by atoms with E-state index in [0.717, 1.165) is 21.7 Å². The number of aryl methyl sites for hydroxylation is 1. The average Bonchev–Trinajstić information content (AvgIpc) is 3.39. The number of benzene rings is 2. The number of carbonyl (C=O) groups is 2. The molecule has 0 spiro atoms. The van der Waals surface area contributed by atoms with E-state index in [9.17, 15) is 18.0 Å². The lowest BCUT2D eigenvalue weighted by molar-refractivity contribution is 0.0119. The smallest absolute Gasteiger partial charge is 0.424 e. The number of amides is 2. The van der Waals surface area contributed by atoms with E-state index in [2.05, 4.69) is 4.98 Å². The van der Waals surface area contributed by atoms with Crippen LogP contribution in [-0.2, 0) is 24.2 Å². The summed E-state index contributed by atoms with van der Waals surface area (Å²) < 4.78 is 83.2. The maximum Gasteiger partial charge on any atom is 0.424 e. The maximum absolute atomic E-state index is 15.9. The second kappa shape index (κ2) is 13.6. The third kappa shape index (κ3) is 7.76. The van der Waals surface area contributed by atoms with Gasteiger partial charge in [0.2, 0.25) is 0 Å². The fraction of sp³-hybridized carbons (Fsp3) is 0.417. The highest BCUT2D eigenvalue weighted by Crippen LogP contribution is 2.43. The van der Waals surface area contributed by atoms with Crippen LogP contribution in [0.25, 0.3) is 11.0 Å². The molecule has 268 valence electrons. The van der Waals surface area contributed by atoms with E-state index >= 15 is 8.78 Å². The van der Waals surface area contributed by atoms with Crippen molar-refractivity contribution in [2.24, 2.45) is 0 Å². The third-order valence-electron chi connectivity index (χ3n) is 7.84. The Morgan fingerprint density at radius 3 is 2.08 bits per heavy atom. The Bertz CT molecular complexity index is 1980. The standard InChI is InChI=1S/C36H41F2N3O8S/c1-21-11-13-24(14-12-21)50(44,45)40-20-26(25-10-9-17-46-22(25)2)30-29(15-16-39-32(30)40)47-31-27(37)18-23(19-28(31)38)41(33(42)48-35(3,4)5)34(43)49-36(6,7)8/h11-16,18-20,22,25H,9-10,17H2,1-8H3. The van der Waals surface area contributed by atoms with Crippen LogP contribution in [0.3, 0.4) is 0 Å². The molecule has 0 radical (unpaired) electrons. The van der Waals surface area contributed by atoms with Crippen molar-refractivity contribution in [3.8, 4) is 11.5 Å². The summed E-state index contributed by atoms with van der Waals surface area (Å²) >= 11 is 0. The minimum Gasteiger partial charge on any atom is -0.450 e. The van der Waals surface area contributed by atoms with Crippen molar-refractivity contribution in [1.82, 2.24) is 8.96 Å². The van der Waals surface area contributed by atoms with Crippen LogP contribution in [0.15, 0.2) is 59.8 Å². The molecule has 1 aliphatic rings. The summed E-state index contributed by atoms with van der Waals surface area (Å²) in [6, 6.07) is 9.22. The SMILES string of the molecule is Cc1ccc(S(=O)(=O)n2cc(C3CCCOC3C)c3c(Oc4c(F)cc(N(C(=O)OC(C)(C)C)C(=O)OC(C)(C)C)cc4F)ccnc32)cc1. The van der Waals surface area contributed by atoms with Crippen molar-refractivity contribution in [3.05, 3.63) is 77.6 Å². The van der Waals surface area contributed by atoms with E-state index < -0.39 is 56.5 Å². The Labute approximate surface area is 290 Å². The summed E-state index contributed by atoms with van der Waals surface area (Å²) in [6.45, 7) is 13.7. The summed E-state index contributed by atoms with van der Waals surface area (Å²) in [6.07, 6.45) is 1.38. The van der Waals surface area contributed by atoms with Gasteiger partial charge < -0.3 is 18.9 Å². The molecule has 2 aromatic heterocycles. The van der Waals surface area contributed by atoms with Crippen LogP contribution in [-0.4, -0.2) is 53.5 Å². The van der Waals surface area contributed by atoms with Gasteiger partial charge in [0, 0.05) is 37.1 Å². The van der Waals surface area contributed by atoms with Gasteiger partial charge in [-0.05, 0) is 92.0 Å². The van der Waals surface area contributed by atoms with Gasteiger partial charge in [-0.25, -0.2) is 35.7 Å². The van der Waals surface area contributed by atoms with E-state index in [1.165, 1.54) is 30.6 Å². The predicted octanol–water partition coefficient (Wildman–Crippen LogP) is 8.61. The number of aromatic nitrogens is 2. The molecule has 2 aromatic carbocycles. The number of anilines is 1. The number of imide groups is 1. The van der Waals surface area contributed by atoms with Crippen LogP contribution < -0.4 is 9.64 Å². The molecule has 1 saturated heterocycles. The molecule has 14 heteroatoms. The molecule has 0 saturated carbocycles. The van der Waals surface area contributed by atoms with Crippen molar-refractivity contribution >= 4 is 38.9 Å². The van der Waals surface area contributed by atoms with Gasteiger partial charge in [0.1, 0.15) is 17.0 Å². The highest BCUT2D eigenvalue weighted by atomic mass is 32.2. The summed E-state index contributed by atoms with van der Waals surface area (Å²) in [5.74, 6) is -3.74. The summed E-state index contributed by atoms with van der Waals surface area (Å²) in [5.41, 5.74) is -1.21. The highest BCUT2D eigenvalue weighted by Gasteiger charge is 2.35. The first-order valence-electron chi connectivity index (χ1n) is 16.1. The van der Waals surface area contributed by atoms with Crippen molar-refractivity contribution < 1.29 is 45.7 Å². The monoisotopic (exact) mass is 713 g/mol. The van der Waals surface area contributed by atoms with Crippen LogP contribution in [0.5, 0.6) is 11.5 Å². The molecule has 0 aliphatic carbocycles. The molecule has 4 aromatic rings. The summed E-state index contributed by atoms with van der Waals surface area (Å²) in [5, 5.41) is 0.234. The lowest BCUT2D eigenvalue weighted by Gasteiger charge is -2.29. The first-order valence-corrected chi connectivity index (χ1v) is 17.6. The van der Waals surface area contributed by atoms with Gasteiger partial charge in [-0.3, -0.25) is 0 Å². The number of fused-ring (bicyclic) bond motifs is 1. The van der Waals surface area contributed by atoms with Crippen LogP contribution >= 0.6 is 0 Å². The molecular weight excluding hydrogens is 672 g/mol. The van der Waals surface area contributed by atoms with E-state index in [4.69, 9.17) is 18.9 Å². The predicted molar refractivity (Wildman–Crippen MR) is 182 cm³/mol. The molecule has 50 heavy (non-hydrogen) atoms. The molecule has 2 unspecified atom stereocenters. The van der Waals surface area contributed by atoms with Crippen LogP contribution in [0.1, 0.15) is 78.4 Å². The topological polar surface area (TPSA) is 126 Å². The minimum absolute atomic E-state index is 0.00527. The number of nitrogens with zero attached hydrogens (tertiary/aromatic N) is 3. The molecule has 0 bridgehead atoms. The average molecular weight is 714 g/mol. The Morgan fingerprint density at radius 2 is 1.54 bits per heavy atom. The second-order valence-electron chi connectivity index (χ2n) is 14.2. The first-order chi connectivity index (χ1) is 23.3. The first kappa shape index (κ1) is 36.7. The Kier molecular flexibility index (Phi) is 10.0. The highest BCUT2D eigenvalue weighted by molar-refractivity contribution is 7.90. The fourth-order valence-corrected chi connectivity index (χ4v) is 6.94. The molecular formula is C36H41F2N3O8S. The van der Waals surface area contributed by atoms with Gasteiger partial charge in [0.25, 0.3) is 10.0 Å². The third-order valence-corrected chi connectivity index (χ3v) is 9.50. The van der Waals surface area contributed by atoms with E-state index in [-0.39, 0.29) is 33.7 Å². The molecule has 2 atom stereocenters. The normalized spacial score (nSPS) is 17.0. The fourth-order valence-electron chi connectivity index (χ4n) is 5.61. The van der Waals surface area contributed by atoms with Crippen LogP contribution in [0, 0.1) is 18.6 Å². The van der Waals surface area contributed by atoms with E-state index in [0.29, 0.717) is 29.9 Å². The molecule has 1 aliphatic heterocycles. The number of halogens is 2. The number of hydrogen-bond acceptors (Lipinski definition) is 9. The molecule has 1 fully saturated rings. The summed E-state index contributed by atoms with van der Waals surface area (Å²) in [7, 11) is -4.16. The van der Waals surface area contributed by atoms with Crippen molar-refractivity contribution in [1.29, 1.82) is 0 Å². The molecule has 0 N–H and O–H groups in total. The lowest BCUT2D eigenvalue weighted by Crippen LogP contribution is -2.43. The Morgan fingerprint density at radius 1 is 0.960 bits per heavy atom. The van der Waals surface area contributed by atoms with Gasteiger partial charge in [-0.15, -0.1) is 0 Å². The van der Waals surface area contributed by atoms with Gasteiger partial charge in [-0.1, -0.05) is 17.7 Å². The largest absolute Gasteiger partial charge is 0.450 e. The number of rotatable bonds is 6. The Balaban J connectivity index is 1.63. The van der Waals surface area contributed by atoms with E-state index in [1.807, 2.05) is 13.8 Å². The zero-order valence-corrected chi connectivity index (χ0v) is 30.1. The van der Waals surface area contributed by atoms with Crippen molar-refractivity contribution in [2.75, 3.05) is 11.5 Å². The molecule has 11 nitrogen and oxygen atoms in total. The van der Waals surface area contributed by atoms with Gasteiger partial charge >= 0.3 is 12.2 Å². The lowest BCUT2D eigenvalue weighted by atomic mass is 9.88. The zero-order valence-electron chi connectivity index (χ0n) is 29.2. The minimum atomic E-state index is -4.16. The number of carbonyl (C=O) groups excluding carboxylic acids is 2. The summed E-state index contributed by atoms with van der Waals surface area (Å²) in [4.78, 5) is 31.0. The van der Waals surface area contributed by atoms with Crippen LogP contribution in [0.4, 0.5) is 24.1 Å². The van der Waals surface area contributed by atoms with Gasteiger partial charge in [0.15, 0.2) is 23.0 Å². The van der Waals surface area contributed by atoms with Gasteiger partial charge in [0.05, 0.1) is 22.1 Å². The number of pyridine rings is 1. The second-order valence-corrected chi connectivity index (χ2v) is 16.0. The van der Waals surface area contributed by atoms with Crippen molar-refractivity contribution in [2.45, 2.75) is 96.4 Å². The maximum atomic E-state index is 15.9. The van der Waals surface area contributed by atoms with Gasteiger partial charge in [-0.2, -0.15) is 4.90 Å². The number of ether oxygens (including phenoxy) is 4. The quantitative estimate of drug-likeness (QED) is 0.193. The Hall–Kier alpha value is -4.56. The van der Waals surface area contributed by atoms with E-state index in [1.54, 1.807) is 53.7 Å².